The zero-order valence-corrected chi connectivity index (χ0v) is 11.8. The van der Waals surface area contributed by atoms with Crippen LogP contribution in [0, 0.1) is 5.92 Å². The molecule has 0 amide bonds. The van der Waals surface area contributed by atoms with Gasteiger partial charge in [0.2, 0.25) is 0 Å². The van der Waals surface area contributed by atoms with E-state index in [9.17, 15) is 0 Å². The molecule has 16 heavy (non-hydrogen) atoms. The first-order valence-corrected chi connectivity index (χ1v) is 5.31. The molecule has 0 spiro atoms. The molecule has 4 nitrogen and oxygen atoms in total. The Morgan fingerprint density at radius 2 is 1.69 bits per heavy atom. The summed E-state index contributed by atoms with van der Waals surface area (Å²) < 4.78 is 0.939. The van der Waals surface area contributed by atoms with Crippen LogP contribution in [0.15, 0.2) is 0 Å². The average molecular weight is 256 g/mol. The molecule has 0 aliphatic rings. The van der Waals surface area contributed by atoms with Crippen LogP contribution in [-0.4, -0.2) is 49.4 Å². The zero-order chi connectivity index (χ0) is 12.5. The second-order valence-corrected chi connectivity index (χ2v) is 4.78. The number of aliphatic hydroxyl groups excluding tert-OH is 1. The van der Waals surface area contributed by atoms with Crippen LogP contribution in [0.2, 0.25) is 0 Å². The number of likely N-dealkylation sites (N-methyl/N-ethyl adjacent to an activating group) is 1. The van der Waals surface area contributed by atoms with Crippen LogP contribution in [0.25, 0.3) is 0 Å². The predicted molar refractivity (Wildman–Crippen MR) is 66.3 cm³/mol. The minimum absolute atomic E-state index is 0. The van der Waals surface area contributed by atoms with E-state index in [-0.39, 0.29) is 12.4 Å². The number of hydrogen-bond donors (Lipinski definition) is 1. The van der Waals surface area contributed by atoms with E-state index < -0.39 is 5.97 Å². The van der Waals surface area contributed by atoms with E-state index >= 15 is 0 Å². The maximum absolute atomic E-state index is 8.89. The summed E-state index contributed by atoms with van der Waals surface area (Å²) in [7, 11) is 4.33. The molecular formula is C11H26ClNO3. The third kappa shape index (κ3) is 23.5. The van der Waals surface area contributed by atoms with Crippen molar-refractivity contribution in [2.24, 2.45) is 5.92 Å². The Hall–Kier alpha value is -0.320. The fourth-order valence-electron chi connectivity index (χ4n) is 0.990. The number of rotatable bonds is 5. The third-order valence-electron chi connectivity index (χ3n) is 2.02. The van der Waals surface area contributed by atoms with Crippen molar-refractivity contribution in [3.05, 3.63) is 0 Å². The second kappa shape index (κ2) is 11.2. The summed E-state index contributed by atoms with van der Waals surface area (Å²) in [6.07, 6.45) is 1.24. The zero-order valence-electron chi connectivity index (χ0n) is 11.0. The van der Waals surface area contributed by atoms with E-state index in [1.807, 2.05) is 0 Å². The Balaban J connectivity index is -0.000000292. The van der Waals surface area contributed by atoms with E-state index in [0.717, 1.165) is 30.4 Å². The molecule has 1 N–H and O–H groups in total. The highest BCUT2D eigenvalue weighted by molar-refractivity contribution is 5.85. The van der Waals surface area contributed by atoms with Gasteiger partial charge < -0.3 is 19.5 Å². The Morgan fingerprint density at radius 1 is 1.31 bits per heavy atom. The van der Waals surface area contributed by atoms with Gasteiger partial charge in [0.25, 0.3) is 0 Å². The van der Waals surface area contributed by atoms with Gasteiger partial charge in [-0.3, -0.25) is 0 Å². The summed E-state index contributed by atoms with van der Waals surface area (Å²) in [5, 5.41) is 17.6. The van der Waals surface area contributed by atoms with Crippen molar-refractivity contribution >= 4 is 18.4 Å². The quantitative estimate of drug-likeness (QED) is 0.718. The topological polar surface area (TPSA) is 60.4 Å². The number of quaternary nitrogens is 1. The highest BCUT2D eigenvalue weighted by atomic mass is 35.5. The van der Waals surface area contributed by atoms with Gasteiger partial charge in [-0.15, -0.1) is 12.4 Å². The van der Waals surface area contributed by atoms with Crippen LogP contribution in [0.3, 0.4) is 0 Å². The largest absolute Gasteiger partial charge is 0.550 e. The monoisotopic (exact) mass is 255 g/mol. The minimum Gasteiger partial charge on any atom is -0.550 e. The van der Waals surface area contributed by atoms with E-state index in [1.54, 1.807) is 0 Å². The minimum atomic E-state index is -1.08. The van der Waals surface area contributed by atoms with E-state index in [0.29, 0.717) is 6.61 Å². The molecular weight excluding hydrogens is 230 g/mol. The molecule has 0 aromatic rings. The van der Waals surface area contributed by atoms with Crippen molar-refractivity contribution in [1.29, 1.82) is 0 Å². The summed E-state index contributed by atoms with van der Waals surface area (Å²) in [5.41, 5.74) is 0. The molecule has 0 heterocycles. The van der Waals surface area contributed by atoms with Crippen LogP contribution in [-0.2, 0) is 4.79 Å². The molecule has 0 radical (unpaired) electrons. The lowest BCUT2D eigenvalue weighted by Crippen LogP contribution is -2.43. The van der Waals surface area contributed by atoms with Gasteiger partial charge >= 0.3 is 0 Å². The standard InChI is InChI=1S/C9H22NO.C2H4O2.ClH/c1-9(2)5-6-10(3,4)7-8-11;1-2(3)4;/h9,11H,5-8H2,1-4H3;1H3,(H,3,4);1H/q+1;;/p-1. The van der Waals surface area contributed by atoms with E-state index in [4.69, 9.17) is 15.0 Å². The lowest BCUT2D eigenvalue weighted by atomic mass is 10.1. The second-order valence-electron chi connectivity index (χ2n) is 4.78. The molecule has 0 aromatic heterocycles. The molecule has 0 unspecified atom stereocenters. The number of carbonyl (C=O) groups excluding carboxylic acids is 1. The van der Waals surface area contributed by atoms with Crippen molar-refractivity contribution < 1.29 is 19.5 Å². The highest BCUT2D eigenvalue weighted by Gasteiger charge is 2.13. The number of carboxylic acids is 1. The first-order chi connectivity index (χ1) is 6.71. The van der Waals surface area contributed by atoms with Gasteiger partial charge in [0.05, 0.1) is 27.2 Å². The lowest BCUT2D eigenvalue weighted by Gasteiger charge is -2.29. The molecule has 0 rings (SSSR count). The van der Waals surface area contributed by atoms with Crippen LogP contribution >= 0.6 is 12.4 Å². The molecule has 0 saturated carbocycles. The van der Waals surface area contributed by atoms with Crippen molar-refractivity contribution in [1.82, 2.24) is 0 Å². The first-order valence-electron chi connectivity index (χ1n) is 5.31. The van der Waals surface area contributed by atoms with Crippen molar-refractivity contribution in [2.75, 3.05) is 33.8 Å². The summed E-state index contributed by atoms with van der Waals surface area (Å²) in [6, 6.07) is 0. The molecule has 100 valence electrons. The van der Waals surface area contributed by atoms with Gasteiger partial charge in [0.1, 0.15) is 6.54 Å². The Morgan fingerprint density at radius 3 is 1.94 bits per heavy atom. The number of hydrogen-bond acceptors (Lipinski definition) is 3. The maximum Gasteiger partial charge on any atom is 0.102 e. The van der Waals surface area contributed by atoms with Crippen molar-refractivity contribution in [3.8, 4) is 0 Å². The van der Waals surface area contributed by atoms with Crippen LogP contribution in [0.4, 0.5) is 0 Å². The average Bonchev–Trinajstić information content (AvgIpc) is 2.00. The maximum atomic E-state index is 8.89. The van der Waals surface area contributed by atoms with E-state index in [1.165, 1.54) is 6.42 Å². The van der Waals surface area contributed by atoms with Gasteiger partial charge in [0.15, 0.2) is 0 Å². The summed E-state index contributed by atoms with van der Waals surface area (Å²) in [5.74, 6) is -0.314. The van der Waals surface area contributed by atoms with E-state index in [2.05, 4.69) is 27.9 Å². The number of aliphatic hydroxyl groups is 1. The fraction of sp³-hybridized carbons (Fsp3) is 0.909. The molecule has 0 saturated heterocycles. The van der Waals surface area contributed by atoms with Crippen molar-refractivity contribution in [2.45, 2.75) is 27.2 Å². The molecule has 5 heteroatoms. The Labute approximate surface area is 105 Å². The number of nitrogens with zero attached hydrogens (tertiary/aromatic N) is 1. The Kier molecular flexibility index (Phi) is 14.7. The molecule has 0 bridgehead atoms. The third-order valence-corrected chi connectivity index (χ3v) is 2.02. The van der Waals surface area contributed by atoms with Gasteiger partial charge in [-0.25, -0.2) is 0 Å². The lowest BCUT2D eigenvalue weighted by molar-refractivity contribution is -0.891. The number of halogens is 1. The van der Waals surface area contributed by atoms with Crippen LogP contribution in [0.5, 0.6) is 0 Å². The normalized spacial score (nSPS) is 10.2. The molecule has 0 aromatic carbocycles. The number of carboxylic acid groups (broad SMARTS) is 1. The molecule has 0 aliphatic carbocycles. The van der Waals surface area contributed by atoms with Gasteiger partial charge in [-0.1, -0.05) is 13.8 Å². The summed E-state index contributed by atoms with van der Waals surface area (Å²) in [6.45, 7) is 7.77. The fourth-order valence-corrected chi connectivity index (χ4v) is 0.990. The van der Waals surface area contributed by atoms with Gasteiger partial charge in [0, 0.05) is 5.97 Å². The predicted octanol–water partition coefficient (Wildman–Crippen LogP) is 0.279. The van der Waals surface area contributed by atoms with Gasteiger partial charge in [-0.2, -0.15) is 0 Å². The highest BCUT2D eigenvalue weighted by Crippen LogP contribution is 2.05. The smallest absolute Gasteiger partial charge is 0.102 e. The number of aliphatic carboxylic acids is 1. The number of carbonyl (C=O) groups is 1. The summed E-state index contributed by atoms with van der Waals surface area (Å²) >= 11 is 0. The van der Waals surface area contributed by atoms with Crippen molar-refractivity contribution in [3.63, 3.8) is 0 Å². The van der Waals surface area contributed by atoms with Gasteiger partial charge in [-0.05, 0) is 19.3 Å². The molecule has 0 aliphatic heterocycles. The SMILES string of the molecule is CC(=O)[O-].CC(C)CC[N+](C)(C)CCO.Cl. The van der Waals surface area contributed by atoms with Crippen LogP contribution < -0.4 is 5.11 Å². The molecule has 0 fully saturated rings. The molecule has 0 atom stereocenters. The van der Waals surface area contributed by atoms with Crippen LogP contribution in [0.1, 0.15) is 27.2 Å². The Bertz CT molecular complexity index is 169. The summed E-state index contributed by atoms with van der Waals surface area (Å²) in [4.78, 5) is 8.89. The first kappa shape index (κ1) is 21.0.